The highest BCUT2D eigenvalue weighted by Crippen LogP contribution is 2.25. The van der Waals surface area contributed by atoms with E-state index in [0.717, 1.165) is 11.1 Å². The van der Waals surface area contributed by atoms with Gasteiger partial charge in [-0.15, -0.1) is 0 Å². The summed E-state index contributed by atoms with van der Waals surface area (Å²) in [6.07, 6.45) is 3.19. The minimum Gasteiger partial charge on any atom is -0.493 e. The number of carbonyl (C=O) groups is 1. The summed E-state index contributed by atoms with van der Waals surface area (Å²) in [7, 11) is 1.56. The fraction of sp³-hybridized carbons (Fsp3) is 0.211. The summed E-state index contributed by atoms with van der Waals surface area (Å²) in [5.74, 6) is 0.952. The quantitative estimate of drug-likeness (QED) is 0.671. The molecule has 0 saturated carbocycles. The van der Waals surface area contributed by atoms with Gasteiger partial charge in [-0.3, -0.25) is 4.79 Å². The molecule has 26 heavy (non-hydrogen) atoms. The van der Waals surface area contributed by atoms with Crippen molar-refractivity contribution < 1.29 is 14.3 Å². The molecule has 1 amide bonds. The Kier molecular flexibility index (Phi) is 5.82. The molecule has 0 atom stereocenters. The molecule has 0 unspecified atom stereocenters. The monoisotopic (exact) mass is 352 g/mol. The molecule has 0 bridgehead atoms. The van der Waals surface area contributed by atoms with Gasteiger partial charge in [-0.1, -0.05) is 36.4 Å². The lowest BCUT2D eigenvalue weighted by molar-refractivity contribution is -0.123. The number of hydrogen-bond donors (Lipinski definition) is 1. The minimum absolute atomic E-state index is 0.0647. The molecule has 1 N–H and O–H groups in total. The summed E-state index contributed by atoms with van der Waals surface area (Å²) in [6.45, 7) is 1.04. The molecular formula is C19H20N4O3. The van der Waals surface area contributed by atoms with Crippen LogP contribution in [0.25, 0.3) is 0 Å². The molecule has 0 aliphatic heterocycles. The maximum atomic E-state index is 12.0. The molecule has 7 nitrogen and oxygen atoms in total. The number of nitrogens with one attached hydrogen (secondary N) is 1. The van der Waals surface area contributed by atoms with Crippen molar-refractivity contribution in [1.82, 2.24) is 20.1 Å². The molecule has 0 saturated heterocycles. The van der Waals surface area contributed by atoms with Crippen molar-refractivity contribution in [2.75, 3.05) is 13.7 Å². The van der Waals surface area contributed by atoms with E-state index in [-0.39, 0.29) is 12.5 Å². The van der Waals surface area contributed by atoms with E-state index in [1.54, 1.807) is 30.3 Å². The predicted octanol–water partition coefficient (Wildman–Crippen LogP) is 2.03. The van der Waals surface area contributed by atoms with Crippen LogP contribution in [0, 0.1) is 0 Å². The average molecular weight is 352 g/mol. The summed E-state index contributed by atoms with van der Waals surface area (Å²) < 4.78 is 12.4. The highest BCUT2D eigenvalue weighted by atomic mass is 16.5. The predicted molar refractivity (Wildman–Crippen MR) is 95.9 cm³/mol. The molecule has 0 radical (unpaired) electrons. The van der Waals surface area contributed by atoms with Crippen LogP contribution in [0.5, 0.6) is 11.5 Å². The molecule has 1 heterocycles. The van der Waals surface area contributed by atoms with Crippen LogP contribution >= 0.6 is 0 Å². The summed E-state index contributed by atoms with van der Waals surface area (Å²) in [5, 5.41) is 6.92. The number of benzene rings is 2. The SMILES string of the molecule is COc1ccccc1OCC(=O)NCc1ccc(Cn2cncn2)cc1. The number of amides is 1. The van der Waals surface area contributed by atoms with E-state index < -0.39 is 0 Å². The topological polar surface area (TPSA) is 78.3 Å². The van der Waals surface area contributed by atoms with Gasteiger partial charge < -0.3 is 14.8 Å². The molecule has 0 spiro atoms. The first-order chi connectivity index (χ1) is 12.7. The summed E-state index contributed by atoms with van der Waals surface area (Å²) >= 11 is 0. The Labute approximate surface area is 151 Å². The fourth-order valence-electron chi connectivity index (χ4n) is 2.40. The van der Waals surface area contributed by atoms with Gasteiger partial charge in [0.25, 0.3) is 5.91 Å². The lowest BCUT2D eigenvalue weighted by Crippen LogP contribution is -2.28. The molecule has 7 heteroatoms. The maximum Gasteiger partial charge on any atom is 0.258 e. The van der Waals surface area contributed by atoms with Crippen molar-refractivity contribution in [3.63, 3.8) is 0 Å². The van der Waals surface area contributed by atoms with Crippen molar-refractivity contribution in [3.8, 4) is 11.5 Å². The summed E-state index contributed by atoms with van der Waals surface area (Å²) in [5.41, 5.74) is 2.13. The van der Waals surface area contributed by atoms with Gasteiger partial charge in [-0.2, -0.15) is 5.10 Å². The average Bonchev–Trinajstić information content (AvgIpc) is 3.19. The molecule has 1 aromatic heterocycles. The van der Waals surface area contributed by atoms with E-state index in [0.29, 0.717) is 24.6 Å². The van der Waals surface area contributed by atoms with Crippen molar-refractivity contribution in [3.05, 3.63) is 72.3 Å². The molecular weight excluding hydrogens is 332 g/mol. The lowest BCUT2D eigenvalue weighted by atomic mass is 10.1. The number of nitrogens with zero attached hydrogens (tertiary/aromatic N) is 3. The Morgan fingerprint density at radius 2 is 1.81 bits per heavy atom. The largest absolute Gasteiger partial charge is 0.493 e. The Hall–Kier alpha value is -3.35. The van der Waals surface area contributed by atoms with Gasteiger partial charge in [0.05, 0.1) is 13.7 Å². The molecule has 134 valence electrons. The fourth-order valence-corrected chi connectivity index (χ4v) is 2.40. The van der Waals surface area contributed by atoms with Crippen LogP contribution < -0.4 is 14.8 Å². The van der Waals surface area contributed by atoms with E-state index >= 15 is 0 Å². The van der Waals surface area contributed by atoms with Crippen molar-refractivity contribution in [2.45, 2.75) is 13.1 Å². The van der Waals surface area contributed by atoms with Gasteiger partial charge in [0.1, 0.15) is 12.7 Å². The Bertz CT molecular complexity index is 832. The van der Waals surface area contributed by atoms with E-state index in [1.807, 2.05) is 36.4 Å². The van der Waals surface area contributed by atoms with E-state index in [9.17, 15) is 4.79 Å². The second kappa shape index (κ2) is 8.66. The van der Waals surface area contributed by atoms with Gasteiger partial charge in [0, 0.05) is 6.54 Å². The number of aromatic nitrogens is 3. The maximum absolute atomic E-state index is 12.0. The Morgan fingerprint density at radius 3 is 2.50 bits per heavy atom. The van der Waals surface area contributed by atoms with Gasteiger partial charge in [0.2, 0.25) is 0 Å². The van der Waals surface area contributed by atoms with Crippen LogP contribution in [-0.4, -0.2) is 34.4 Å². The van der Waals surface area contributed by atoms with E-state index in [4.69, 9.17) is 9.47 Å². The zero-order chi connectivity index (χ0) is 18.2. The van der Waals surface area contributed by atoms with Crippen LogP contribution in [-0.2, 0) is 17.9 Å². The number of para-hydroxylation sites is 2. The molecule has 0 aliphatic rings. The third-order valence-electron chi connectivity index (χ3n) is 3.75. The number of rotatable bonds is 8. The van der Waals surface area contributed by atoms with Gasteiger partial charge in [0.15, 0.2) is 18.1 Å². The van der Waals surface area contributed by atoms with E-state index in [2.05, 4.69) is 15.4 Å². The van der Waals surface area contributed by atoms with Gasteiger partial charge in [-0.05, 0) is 23.3 Å². The standard InChI is InChI=1S/C19H20N4O3/c1-25-17-4-2-3-5-18(17)26-12-19(24)21-10-15-6-8-16(9-7-15)11-23-14-20-13-22-23/h2-9,13-14H,10-12H2,1H3,(H,21,24). The van der Waals surface area contributed by atoms with Crippen LogP contribution in [0.4, 0.5) is 0 Å². The highest BCUT2D eigenvalue weighted by molar-refractivity contribution is 5.77. The Morgan fingerprint density at radius 1 is 1.08 bits per heavy atom. The lowest BCUT2D eigenvalue weighted by Gasteiger charge is -2.10. The second-order valence-electron chi connectivity index (χ2n) is 5.63. The van der Waals surface area contributed by atoms with Gasteiger partial charge in [-0.25, -0.2) is 9.67 Å². The van der Waals surface area contributed by atoms with Crippen LogP contribution in [0.1, 0.15) is 11.1 Å². The first kappa shape index (κ1) is 17.5. The van der Waals surface area contributed by atoms with Crippen LogP contribution in [0.15, 0.2) is 61.2 Å². The van der Waals surface area contributed by atoms with Crippen LogP contribution in [0.3, 0.4) is 0 Å². The summed E-state index contributed by atoms with van der Waals surface area (Å²) in [4.78, 5) is 15.9. The molecule has 0 aliphatic carbocycles. The highest BCUT2D eigenvalue weighted by Gasteiger charge is 2.07. The summed E-state index contributed by atoms with van der Waals surface area (Å²) in [6, 6.07) is 15.2. The smallest absolute Gasteiger partial charge is 0.258 e. The normalized spacial score (nSPS) is 10.3. The first-order valence-electron chi connectivity index (χ1n) is 8.17. The van der Waals surface area contributed by atoms with Crippen LogP contribution in [0.2, 0.25) is 0 Å². The Balaban J connectivity index is 1.45. The molecule has 3 rings (SSSR count). The minimum atomic E-state index is -0.192. The second-order valence-corrected chi connectivity index (χ2v) is 5.63. The molecule has 0 fully saturated rings. The van der Waals surface area contributed by atoms with Crippen molar-refractivity contribution >= 4 is 5.91 Å². The van der Waals surface area contributed by atoms with Gasteiger partial charge >= 0.3 is 0 Å². The zero-order valence-electron chi connectivity index (χ0n) is 14.5. The van der Waals surface area contributed by atoms with Crippen molar-refractivity contribution in [1.29, 1.82) is 0 Å². The number of methoxy groups -OCH3 is 1. The van der Waals surface area contributed by atoms with E-state index in [1.165, 1.54) is 6.33 Å². The zero-order valence-corrected chi connectivity index (χ0v) is 14.5. The third-order valence-corrected chi connectivity index (χ3v) is 3.75. The number of ether oxygens (including phenoxy) is 2. The van der Waals surface area contributed by atoms with Crippen molar-refractivity contribution in [2.24, 2.45) is 0 Å². The first-order valence-corrected chi connectivity index (χ1v) is 8.17. The third kappa shape index (κ3) is 4.83. The molecule has 3 aromatic rings. The number of hydrogen-bond acceptors (Lipinski definition) is 5. The number of carbonyl (C=O) groups excluding carboxylic acids is 1. The molecule has 2 aromatic carbocycles.